The number of nitrogens with one attached hydrogen (secondary N) is 1. The van der Waals surface area contributed by atoms with Gasteiger partial charge in [-0.3, -0.25) is 4.79 Å². The molecule has 1 fully saturated rings. The second kappa shape index (κ2) is 5.14. The van der Waals surface area contributed by atoms with Gasteiger partial charge in [-0.15, -0.1) is 0 Å². The topological polar surface area (TPSA) is 45.5 Å². The lowest BCUT2D eigenvalue weighted by molar-refractivity contribution is -0.131. The van der Waals surface area contributed by atoms with Crippen molar-refractivity contribution >= 4 is 5.91 Å². The lowest BCUT2D eigenvalue weighted by atomic mass is 10.1. The summed E-state index contributed by atoms with van der Waals surface area (Å²) in [6, 6.07) is 2.12. The van der Waals surface area contributed by atoms with E-state index >= 15 is 0 Å². The molecule has 0 bridgehead atoms. The van der Waals surface area contributed by atoms with Gasteiger partial charge < -0.3 is 14.6 Å². The van der Waals surface area contributed by atoms with Gasteiger partial charge in [-0.1, -0.05) is 6.92 Å². The lowest BCUT2D eigenvalue weighted by Crippen LogP contribution is -2.39. The minimum absolute atomic E-state index is 0.00856. The Bertz CT molecular complexity index is 439. The highest BCUT2D eigenvalue weighted by Gasteiger charge is 2.35. The molecular formula is C14H22N2O2. The van der Waals surface area contributed by atoms with E-state index in [1.165, 1.54) is 0 Å². The summed E-state index contributed by atoms with van der Waals surface area (Å²) in [6.07, 6.45) is 0.896. The maximum absolute atomic E-state index is 12.3. The van der Waals surface area contributed by atoms with E-state index in [9.17, 15) is 4.79 Å². The Morgan fingerprint density at radius 1 is 1.56 bits per heavy atom. The molecule has 1 aliphatic heterocycles. The van der Waals surface area contributed by atoms with Crippen LogP contribution in [-0.2, 0) is 4.79 Å². The Kier molecular flexibility index (Phi) is 3.76. The number of furan rings is 1. The van der Waals surface area contributed by atoms with Gasteiger partial charge >= 0.3 is 0 Å². The number of nitrogens with zero attached hydrogens (tertiary/aromatic N) is 1. The third kappa shape index (κ3) is 2.29. The van der Waals surface area contributed by atoms with Crippen molar-refractivity contribution in [3.8, 4) is 0 Å². The van der Waals surface area contributed by atoms with E-state index in [1.54, 1.807) is 0 Å². The zero-order valence-electron chi connectivity index (χ0n) is 11.6. The third-order valence-electron chi connectivity index (χ3n) is 3.69. The van der Waals surface area contributed by atoms with Crippen LogP contribution in [0.2, 0.25) is 0 Å². The molecule has 4 nitrogen and oxygen atoms in total. The molecule has 1 aromatic heterocycles. The van der Waals surface area contributed by atoms with E-state index in [0.29, 0.717) is 0 Å². The minimum atomic E-state index is -0.00856. The van der Waals surface area contributed by atoms with Gasteiger partial charge in [0, 0.05) is 12.1 Å². The van der Waals surface area contributed by atoms with E-state index in [0.717, 1.165) is 36.6 Å². The first kappa shape index (κ1) is 13.1. The molecule has 0 radical (unpaired) electrons. The fourth-order valence-corrected chi connectivity index (χ4v) is 2.76. The fraction of sp³-hybridized carbons (Fsp3) is 0.643. The average molecular weight is 250 g/mol. The molecule has 0 spiro atoms. The summed E-state index contributed by atoms with van der Waals surface area (Å²) in [5, 5.41) is 3.24. The van der Waals surface area contributed by atoms with Crippen molar-refractivity contribution in [3.05, 3.63) is 23.2 Å². The fourth-order valence-electron chi connectivity index (χ4n) is 2.76. The molecule has 1 saturated heterocycles. The monoisotopic (exact) mass is 250 g/mol. The summed E-state index contributed by atoms with van der Waals surface area (Å²) in [5.74, 6) is 2.03. The van der Waals surface area contributed by atoms with Gasteiger partial charge in [0.1, 0.15) is 11.5 Å². The van der Waals surface area contributed by atoms with Crippen LogP contribution in [0.15, 0.2) is 10.5 Å². The predicted octanol–water partition coefficient (Wildman–Crippen LogP) is 2.17. The standard InChI is InChI=1S/C14H22N2O2/c1-5-15-13-6-7-16(14(13)17)10(3)12-8-9(2)18-11(12)4/h8,10,13,15H,5-7H2,1-4H3. The van der Waals surface area contributed by atoms with Crippen LogP contribution >= 0.6 is 0 Å². The van der Waals surface area contributed by atoms with Gasteiger partial charge in [0.25, 0.3) is 0 Å². The van der Waals surface area contributed by atoms with Crippen LogP contribution in [0.3, 0.4) is 0 Å². The summed E-state index contributed by atoms with van der Waals surface area (Å²) >= 11 is 0. The van der Waals surface area contributed by atoms with Crippen LogP contribution in [0.5, 0.6) is 0 Å². The molecule has 0 saturated carbocycles. The van der Waals surface area contributed by atoms with Crippen LogP contribution < -0.4 is 5.32 Å². The number of amides is 1. The van der Waals surface area contributed by atoms with Crippen molar-refractivity contribution in [2.24, 2.45) is 0 Å². The van der Waals surface area contributed by atoms with Crippen LogP contribution in [-0.4, -0.2) is 29.9 Å². The van der Waals surface area contributed by atoms with Crippen LogP contribution in [0.25, 0.3) is 0 Å². The molecule has 18 heavy (non-hydrogen) atoms. The van der Waals surface area contributed by atoms with E-state index in [-0.39, 0.29) is 18.0 Å². The number of likely N-dealkylation sites (N-methyl/N-ethyl adjacent to an activating group) is 1. The summed E-state index contributed by atoms with van der Waals surface area (Å²) in [7, 11) is 0. The maximum atomic E-state index is 12.3. The Labute approximate surface area is 108 Å². The number of rotatable bonds is 4. The van der Waals surface area contributed by atoms with Crippen LogP contribution in [0.1, 0.15) is 43.4 Å². The van der Waals surface area contributed by atoms with Gasteiger partial charge in [0.05, 0.1) is 12.1 Å². The van der Waals surface area contributed by atoms with Gasteiger partial charge in [-0.2, -0.15) is 0 Å². The smallest absolute Gasteiger partial charge is 0.240 e. The first-order valence-electron chi connectivity index (χ1n) is 6.65. The Hall–Kier alpha value is -1.29. The van der Waals surface area contributed by atoms with Gasteiger partial charge in [-0.25, -0.2) is 0 Å². The predicted molar refractivity (Wildman–Crippen MR) is 70.4 cm³/mol. The lowest BCUT2D eigenvalue weighted by Gasteiger charge is -2.24. The molecule has 0 aromatic carbocycles. The molecule has 100 valence electrons. The quantitative estimate of drug-likeness (QED) is 0.890. The first-order chi connectivity index (χ1) is 8.54. The van der Waals surface area contributed by atoms with Crippen molar-refractivity contribution in [3.63, 3.8) is 0 Å². The minimum Gasteiger partial charge on any atom is -0.466 e. The van der Waals surface area contributed by atoms with Gasteiger partial charge in [-0.05, 0) is 39.8 Å². The highest BCUT2D eigenvalue weighted by atomic mass is 16.3. The molecular weight excluding hydrogens is 228 g/mol. The van der Waals surface area contributed by atoms with Crippen molar-refractivity contribution in [1.29, 1.82) is 0 Å². The summed E-state index contributed by atoms with van der Waals surface area (Å²) in [5.41, 5.74) is 1.12. The maximum Gasteiger partial charge on any atom is 0.240 e. The molecule has 0 aliphatic carbocycles. The highest BCUT2D eigenvalue weighted by molar-refractivity contribution is 5.84. The summed E-state index contributed by atoms with van der Waals surface area (Å²) in [4.78, 5) is 14.2. The molecule has 2 atom stereocenters. The number of aryl methyl sites for hydroxylation is 2. The van der Waals surface area contributed by atoms with Crippen molar-refractivity contribution in [2.75, 3.05) is 13.1 Å². The highest BCUT2D eigenvalue weighted by Crippen LogP contribution is 2.29. The molecule has 1 amide bonds. The largest absolute Gasteiger partial charge is 0.466 e. The summed E-state index contributed by atoms with van der Waals surface area (Å²) in [6.45, 7) is 9.66. The van der Waals surface area contributed by atoms with Crippen LogP contribution in [0, 0.1) is 13.8 Å². The second-order valence-corrected chi connectivity index (χ2v) is 4.98. The average Bonchev–Trinajstić information content (AvgIpc) is 2.83. The first-order valence-corrected chi connectivity index (χ1v) is 6.65. The number of hydrogen-bond acceptors (Lipinski definition) is 3. The van der Waals surface area contributed by atoms with E-state index < -0.39 is 0 Å². The number of carbonyl (C=O) groups is 1. The molecule has 4 heteroatoms. The molecule has 2 rings (SSSR count). The SMILES string of the molecule is CCNC1CCN(C(C)c2cc(C)oc2C)C1=O. The van der Waals surface area contributed by atoms with Gasteiger partial charge in [0.2, 0.25) is 5.91 Å². The molecule has 1 aliphatic rings. The number of hydrogen-bond donors (Lipinski definition) is 1. The zero-order chi connectivity index (χ0) is 13.3. The Balaban J connectivity index is 2.13. The molecule has 1 aromatic rings. The third-order valence-corrected chi connectivity index (χ3v) is 3.69. The zero-order valence-corrected chi connectivity index (χ0v) is 11.6. The summed E-state index contributed by atoms with van der Waals surface area (Å²) < 4.78 is 5.55. The Morgan fingerprint density at radius 3 is 2.83 bits per heavy atom. The molecule has 1 N–H and O–H groups in total. The normalized spacial score (nSPS) is 21.7. The van der Waals surface area contributed by atoms with E-state index in [1.807, 2.05) is 31.7 Å². The van der Waals surface area contributed by atoms with E-state index in [4.69, 9.17) is 4.42 Å². The van der Waals surface area contributed by atoms with Crippen molar-refractivity contribution in [1.82, 2.24) is 10.2 Å². The second-order valence-electron chi connectivity index (χ2n) is 4.98. The van der Waals surface area contributed by atoms with Crippen molar-refractivity contribution in [2.45, 2.75) is 46.2 Å². The Morgan fingerprint density at radius 2 is 2.28 bits per heavy atom. The molecule has 2 unspecified atom stereocenters. The van der Waals surface area contributed by atoms with E-state index in [2.05, 4.69) is 12.2 Å². The number of likely N-dealkylation sites (tertiary alicyclic amines) is 1. The van der Waals surface area contributed by atoms with Gasteiger partial charge in [0.15, 0.2) is 0 Å². The number of carbonyl (C=O) groups excluding carboxylic acids is 1. The van der Waals surface area contributed by atoms with Crippen molar-refractivity contribution < 1.29 is 9.21 Å². The molecule has 2 heterocycles. The van der Waals surface area contributed by atoms with Crippen LogP contribution in [0.4, 0.5) is 0 Å².